The zero-order chi connectivity index (χ0) is 12.1. The number of aryl methyl sites for hydroxylation is 1. The lowest BCUT2D eigenvalue weighted by atomic mass is 10.2. The Bertz CT molecular complexity index is 484. The summed E-state index contributed by atoms with van der Waals surface area (Å²) < 4.78 is 17.7. The summed E-state index contributed by atoms with van der Waals surface area (Å²) in [6.45, 7) is 3.13. The topological polar surface area (TPSA) is 51.0 Å². The Kier molecular flexibility index (Phi) is 3.82. The maximum Gasteiger partial charge on any atom is 0.223 e. The van der Waals surface area contributed by atoms with Crippen molar-refractivity contribution >= 4 is 0 Å². The van der Waals surface area contributed by atoms with Gasteiger partial charge in [-0.05, 0) is 17.7 Å². The molecule has 0 saturated carbocycles. The van der Waals surface area contributed by atoms with Crippen LogP contribution in [0.4, 0.5) is 4.39 Å². The monoisotopic (exact) mass is 235 g/mol. The molecule has 0 saturated heterocycles. The first kappa shape index (κ1) is 11.7. The average molecular weight is 235 g/mol. The fraction of sp³-hybridized carbons (Fsp3) is 0.333. The molecule has 1 aromatic heterocycles. The molecule has 2 aromatic rings. The summed E-state index contributed by atoms with van der Waals surface area (Å²) in [5, 5.41) is 6.99. The molecular formula is C12H14FN3O. The Labute approximate surface area is 98.8 Å². The van der Waals surface area contributed by atoms with Crippen LogP contribution in [0.2, 0.25) is 0 Å². The Balaban J connectivity index is 1.73. The Morgan fingerprint density at radius 1 is 1.41 bits per heavy atom. The fourth-order valence-corrected chi connectivity index (χ4v) is 1.52. The first-order valence-electron chi connectivity index (χ1n) is 5.48. The molecule has 17 heavy (non-hydrogen) atoms. The molecule has 4 nitrogen and oxygen atoms in total. The number of rotatable bonds is 5. The number of hydrogen-bond donors (Lipinski definition) is 1. The third kappa shape index (κ3) is 3.64. The predicted octanol–water partition coefficient (Wildman–Crippen LogP) is 1.85. The zero-order valence-corrected chi connectivity index (χ0v) is 9.61. The van der Waals surface area contributed by atoms with Crippen LogP contribution in [0.25, 0.3) is 0 Å². The Hall–Kier alpha value is -1.75. The lowest BCUT2D eigenvalue weighted by molar-refractivity contribution is 0.387. The van der Waals surface area contributed by atoms with E-state index in [1.807, 2.05) is 6.07 Å². The van der Waals surface area contributed by atoms with Crippen molar-refractivity contribution in [1.82, 2.24) is 15.5 Å². The van der Waals surface area contributed by atoms with Gasteiger partial charge in [0.2, 0.25) is 5.89 Å². The number of benzene rings is 1. The standard InChI is InChI=1S/C12H14FN3O/c1-9-15-12(16-17-9)5-6-14-8-10-3-2-4-11(13)7-10/h2-4,7,14H,5-6,8H2,1H3. The second kappa shape index (κ2) is 5.54. The van der Waals surface area contributed by atoms with Crippen LogP contribution in [-0.4, -0.2) is 16.7 Å². The molecule has 0 aliphatic heterocycles. The molecule has 0 atom stereocenters. The summed E-state index contributed by atoms with van der Waals surface area (Å²) in [7, 11) is 0. The summed E-state index contributed by atoms with van der Waals surface area (Å²) in [4.78, 5) is 4.09. The molecule has 0 bridgehead atoms. The lowest BCUT2D eigenvalue weighted by Gasteiger charge is -2.03. The van der Waals surface area contributed by atoms with Crippen LogP contribution in [0.5, 0.6) is 0 Å². The van der Waals surface area contributed by atoms with Gasteiger partial charge < -0.3 is 9.84 Å². The highest BCUT2D eigenvalue weighted by Gasteiger charge is 2.01. The van der Waals surface area contributed by atoms with Crippen molar-refractivity contribution in [1.29, 1.82) is 0 Å². The smallest absolute Gasteiger partial charge is 0.223 e. The van der Waals surface area contributed by atoms with Crippen LogP contribution in [0.15, 0.2) is 28.8 Å². The first-order chi connectivity index (χ1) is 8.24. The molecule has 1 N–H and O–H groups in total. The number of nitrogens with zero attached hydrogens (tertiary/aromatic N) is 2. The number of hydrogen-bond acceptors (Lipinski definition) is 4. The summed E-state index contributed by atoms with van der Waals surface area (Å²) in [5.74, 6) is 1.05. The normalized spacial score (nSPS) is 10.7. The van der Waals surface area contributed by atoms with Gasteiger partial charge in [0.05, 0.1) is 0 Å². The van der Waals surface area contributed by atoms with Crippen molar-refractivity contribution in [3.63, 3.8) is 0 Å². The summed E-state index contributed by atoms with van der Waals surface area (Å²) in [5.41, 5.74) is 0.925. The van der Waals surface area contributed by atoms with Crippen LogP contribution in [0.1, 0.15) is 17.3 Å². The molecule has 90 valence electrons. The van der Waals surface area contributed by atoms with Crippen molar-refractivity contribution in [3.8, 4) is 0 Å². The minimum Gasteiger partial charge on any atom is -0.340 e. The van der Waals surface area contributed by atoms with E-state index in [-0.39, 0.29) is 5.82 Å². The molecule has 0 aliphatic carbocycles. The molecule has 0 unspecified atom stereocenters. The average Bonchev–Trinajstić information content (AvgIpc) is 2.71. The van der Waals surface area contributed by atoms with Gasteiger partial charge in [-0.1, -0.05) is 17.3 Å². The predicted molar refractivity (Wildman–Crippen MR) is 60.8 cm³/mol. The Morgan fingerprint density at radius 3 is 3.00 bits per heavy atom. The second-order valence-electron chi connectivity index (χ2n) is 3.79. The van der Waals surface area contributed by atoms with Gasteiger partial charge in [-0.3, -0.25) is 0 Å². The molecule has 0 spiro atoms. The van der Waals surface area contributed by atoms with E-state index < -0.39 is 0 Å². The van der Waals surface area contributed by atoms with Crippen LogP contribution < -0.4 is 5.32 Å². The second-order valence-corrected chi connectivity index (χ2v) is 3.79. The van der Waals surface area contributed by atoms with Crippen molar-refractivity contribution in [2.45, 2.75) is 19.9 Å². The molecule has 5 heteroatoms. The summed E-state index contributed by atoms with van der Waals surface area (Å²) in [6.07, 6.45) is 0.701. The number of halogens is 1. The maximum absolute atomic E-state index is 12.9. The quantitative estimate of drug-likeness (QED) is 0.803. The molecule has 1 heterocycles. The molecular weight excluding hydrogens is 221 g/mol. The Morgan fingerprint density at radius 2 is 2.29 bits per heavy atom. The molecule has 2 rings (SSSR count). The number of nitrogens with one attached hydrogen (secondary N) is 1. The van der Waals surface area contributed by atoms with E-state index in [0.717, 1.165) is 12.1 Å². The van der Waals surface area contributed by atoms with Crippen molar-refractivity contribution in [3.05, 3.63) is 47.4 Å². The molecule has 0 radical (unpaired) electrons. The van der Waals surface area contributed by atoms with E-state index in [0.29, 0.717) is 24.7 Å². The van der Waals surface area contributed by atoms with Gasteiger partial charge in [0.25, 0.3) is 0 Å². The van der Waals surface area contributed by atoms with E-state index in [9.17, 15) is 4.39 Å². The van der Waals surface area contributed by atoms with E-state index in [1.54, 1.807) is 13.0 Å². The van der Waals surface area contributed by atoms with E-state index >= 15 is 0 Å². The van der Waals surface area contributed by atoms with Gasteiger partial charge in [0.1, 0.15) is 5.82 Å². The minimum absolute atomic E-state index is 0.210. The van der Waals surface area contributed by atoms with Crippen molar-refractivity contribution < 1.29 is 8.91 Å². The van der Waals surface area contributed by atoms with Gasteiger partial charge in [0.15, 0.2) is 5.82 Å². The van der Waals surface area contributed by atoms with Gasteiger partial charge in [-0.2, -0.15) is 4.98 Å². The van der Waals surface area contributed by atoms with Gasteiger partial charge >= 0.3 is 0 Å². The van der Waals surface area contributed by atoms with Crippen LogP contribution in [0, 0.1) is 12.7 Å². The SMILES string of the molecule is Cc1nc(CCNCc2cccc(F)c2)no1. The number of aromatic nitrogens is 2. The van der Waals surface area contributed by atoms with E-state index in [2.05, 4.69) is 15.5 Å². The van der Waals surface area contributed by atoms with Crippen LogP contribution >= 0.6 is 0 Å². The van der Waals surface area contributed by atoms with Gasteiger partial charge in [0, 0.05) is 26.4 Å². The first-order valence-corrected chi connectivity index (χ1v) is 5.48. The third-order valence-corrected chi connectivity index (χ3v) is 2.31. The summed E-state index contributed by atoms with van der Waals surface area (Å²) in [6, 6.07) is 6.54. The fourth-order valence-electron chi connectivity index (χ4n) is 1.52. The van der Waals surface area contributed by atoms with E-state index in [4.69, 9.17) is 4.52 Å². The van der Waals surface area contributed by atoms with Crippen molar-refractivity contribution in [2.75, 3.05) is 6.54 Å². The molecule has 0 amide bonds. The van der Waals surface area contributed by atoms with Gasteiger partial charge in [-0.25, -0.2) is 4.39 Å². The van der Waals surface area contributed by atoms with Crippen molar-refractivity contribution in [2.24, 2.45) is 0 Å². The highest BCUT2D eigenvalue weighted by molar-refractivity contribution is 5.15. The zero-order valence-electron chi connectivity index (χ0n) is 9.61. The van der Waals surface area contributed by atoms with Gasteiger partial charge in [-0.15, -0.1) is 0 Å². The van der Waals surface area contributed by atoms with E-state index in [1.165, 1.54) is 12.1 Å². The molecule has 1 aromatic carbocycles. The highest BCUT2D eigenvalue weighted by Crippen LogP contribution is 2.02. The highest BCUT2D eigenvalue weighted by atomic mass is 19.1. The summed E-state index contributed by atoms with van der Waals surface area (Å²) >= 11 is 0. The largest absolute Gasteiger partial charge is 0.340 e. The minimum atomic E-state index is -0.210. The lowest BCUT2D eigenvalue weighted by Crippen LogP contribution is -2.17. The maximum atomic E-state index is 12.9. The van der Waals surface area contributed by atoms with Crippen LogP contribution in [-0.2, 0) is 13.0 Å². The third-order valence-electron chi connectivity index (χ3n) is 2.31. The molecule has 0 aliphatic rings. The van der Waals surface area contributed by atoms with Crippen LogP contribution in [0.3, 0.4) is 0 Å². The molecule has 0 fully saturated rings.